The summed E-state index contributed by atoms with van der Waals surface area (Å²) in [4.78, 5) is 12.4. The molecule has 0 radical (unpaired) electrons. The first kappa shape index (κ1) is 14.3. The van der Waals surface area contributed by atoms with Crippen molar-refractivity contribution in [1.82, 2.24) is 0 Å². The summed E-state index contributed by atoms with van der Waals surface area (Å²) in [7, 11) is 0. The number of hydrogen-bond acceptors (Lipinski definition) is 2. The maximum Gasteiger partial charge on any atom is 0.339 e. The first-order valence-corrected chi connectivity index (χ1v) is 6.87. The Kier molecular flexibility index (Phi) is 4.23. The number of carbonyl (C=O) groups excluding carboxylic acids is 1. The van der Waals surface area contributed by atoms with E-state index in [4.69, 9.17) is 4.74 Å². The van der Waals surface area contributed by atoms with Gasteiger partial charge in [0, 0.05) is 0 Å². The van der Waals surface area contributed by atoms with Crippen molar-refractivity contribution < 1.29 is 9.53 Å². The van der Waals surface area contributed by atoms with E-state index in [0.29, 0.717) is 5.56 Å². The van der Waals surface area contributed by atoms with Crippen LogP contribution in [0.4, 0.5) is 0 Å². The van der Waals surface area contributed by atoms with Gasteiger partial charge in [0.25, 0.3) is 0 Å². The molecule has 0 N–H and O–H groups in total. The van der Waals surface area contributed by atoms with Crippen LogP contribution in [0.3, 0.4) is 0 Å². The van der Waals surface area contributed by atoms with Crippen molar-refractivity contribution in [3.63, 3.8) is 0 Å². The molecule has 0 fully saturated rings. The Hall–Kier alpha value is -2.09. The number of hydrogen-bond donors (Lipinski definition) is 0. The zero-order valence-corrected chi connectivity index (χ0v) is 12.3. The Balaban J connectivity index is 2.66. The van der Waals surface area contributed by atoms with Crippen LogP contribution in [0.2, 0.25) is 0 Å². The molecule has 0 aromatic rings. The van der Waals surface area contributed by atoms with Crippen LogP contribution in [0.15, 0.2) is 43.0 Å². The lowest BCUT2D eigenvalue weighted by molar-refractivity contribution is 0.0549. The van der Waals surface area contributed by atoms with E-state index in [9.17, 15) is 4.79 Å². The highest BCUT2D eigenvalue weighted by Crippen LogP contribution is 2.39. The van der Waals surface area contributed by atoms with Gasteiger partial charge in [0.15, 0.2) is 0 Å². The molecule has 0 heterocycles. The molecule has 2 aliphatic rings. The van der Waals surface area contributed by atoms with Crippen LogP contribution < -0.4 is 0 Å². The van der Waals surface area contributed by atoms with Crippen molar-refractivity contribution in [1.29, 1.82) is 0 Å². The number of esters is 1. The Morgan fingerprint density at radius 2 is 1.90 bits per heavy atom. The van der Waals surface area contributed by atoms with Gasteiger partial charge >= 0.3 is 5.97 Å². The van der Waals surface area contributed by atoms with Crippen LogP contribution in [-0.2, 0) is 4.74 Å². The van der Waals surface area contributed by atoms with Gasteiger partial charge < -0.3 is 4.74 Å². The van der Waals surface area contributed by atoms with Crippen molar-refractivity contribution >= 4 is 5.97 Å². The van der Waals surface area contributed by atoms with Gasteiger partial charge in [-0.2, -0.15) is 0 Å². The van der Waals surface area contributed by atoms with E-state index in [1.54, 1.807) is 6.08 Å². The lowest BCUT2D eigenvalue weighted by atomic mass is 9.98. The first-order valence-electron chi connectivity index (χ1n) is 6.87. The quantitative estimate of drug-likeness (QED) is 0.600. The summed E-state index contributed by atoms with van der Waals surface area (Å²) < 4.78 is 5.26. The predicted octanol–water partition coefficient (Wildman–Crippen LogP) is 4.57. The third-order valence-electron chi connectivity index (χ3n) is 3.50. The largest absolute Gasteiger partial charge is 0.458 e. The molecular weight excluding hydrogens is 248 g/mol. The van der Waals surface area contributed by atoms with E-state index in [0.717, 1.165) is 22.3 Å². The first-order chi connectivity index (χ1) is 9.57. The van der Waals surface area contributed by atoms with Crippen LogP contribution in [0, 0.1) is 6.92 Å². The molecule has 20 heavy (non-hydrogen) atoms. The molecule has 104 valence electrons. The third kappa shape index (κ3) is 2.46. The summed E-state index contributed by atoms with van der Waals surface area (Å²) in [6, 6.07) is 9.96. The van der Waals surface area contributed by atoms with Crippen molar-refractivity contribution in [2.24, 2.45) is 0 Å². The van der Waals surface area contributed by atoms with Crippen molar-refractivity contribution in [3.8, 4) is 11.1 Å². The molecule has 2 aliphatic carbocycles. The third-order valence-corrected chi connectivity index (χ3v) is 3.50. The molecule has 0 aromatic heterocycles. The van der Waals surface area contributed by atoms with Gasteiger partial charge in [-0.25, -0.2) is 4.79 Å². The molecule has 0 unspecified atom stereocenters. The fraction of sp³-hybridized carbons (Fsp3) is 0.278. The second-order valence-electron chi connectivity index (χ2n) is 5.19. The van der Waals surface area contributed by atoms with Crippen LogP contribution in [-0.4, -0.2) is 12.6 Å². The van der Waals surface area contributed by atoms with Crippen LogP contribution in [0.1, 0.15) is 41.3 Å². The summed E-state index contributed by atoms with van der Waals surface area (Å²) in [6.07, 6.45) is 1.59. The minimum absolute atomic E-state index is 0.237. The van der Waals surface area contributed by atoms with Crippen molar-refractivity contribution in [2.45, 2.75) is 26.7 Å². The fourth-order valence-electron chi connectivity index (χ4n) is 2.72. The van der Waals surface area contributed by atoms with Crippen molar-refractivity contribution in [2.75, 3.05) is 6.61 Å². The van der Waals surface area contributed by atoms with E-state index in [1.807, 2.05) is 24.3 Å². The van der Waals surface area contributed by atoms with E-state index in [-0.39, 0.29) is 18.5 Å². The Morgan fingerprint density at radius 1 is 1.25 bits per heavy atom. The SMILES string of the molecule is C=CCOC(=O)c1c2cccccc-2c(C)c1C(C)C. The summed E-state index contributed by atoms with van der Waals surface area (Å²) in [6.45, 7) is 10.1. The van der Waals surface area contributed by atoms with E-state index >= 15 is 0 Å². The van der Waals surface area contributed by atoms with Gasteiger partial charge in [-0.3, -0.25) is 0 Å². The lowest BCUT2D eigenvalue weighted by Crippen LogP contribution is -2.08. The maximum absolute atomic E-state index is 12.4. The van der Waals surface area contributed by atoms with E-state index < -0.39 is 0 Å². The van der Waals surface area contributed by atoms with Crippen molar-refractivity contribution in [3.05, 3.63) is 59.7 Å². The molecule has 0 saturated heterocycles. The number of ether oxygens (including phenoxy) is 1. The standard InChI is InChI=1S/C18H20O2/c1-5-11-20-18(19)17-15-10-8-6-7-9-14(15)13(4)16(17)12(2)3/h5-10,12H,1,11H2,2-4H3. The molecule has 0 spiro atoms. The molecule has 2 heteroatoms. The number of fused-ring (bicyclic) bond motifs is 1. The molecule has 0 amide bonds. The molecule has 2 rings (SSSR count). The average Bonchev–Trinajstić information content (AvgIpc) is 2.58. The minimum atomic E-state index is -0.266. The number of rotatable bonds is 4. The Bertz CT molecular complexity index is 611. The molecule has 0 aliphatic heterocycles. The summed E-state index contributed by atoms with van der Waals surface area (Å²) in [5, 5.41) is 0. The van der Waals surface area contributed by atoms with Gasteiger partial charge in [-0.1, -0.05) is 56.8 Å². The smallest absolute Gasteiger partial charge is 0.339 e. The van der Waals surface area contributed by atoms with Crippen LogP contribution >= 0.6 is 0 Å². The average molecular weight is 268 g/mol. The minimum Gasteiger partial charge on any atom is -0.458 e. The summed E-state index contributed by atoms with van der Waals surface area (Å²) in [5.74, 6) is 0.0110. The maximum atomic E-state index is 12.4. The summed E-state index contributed by atoms with van der Waals surface area (Å²) >= 11 is 0. The second-order valence-corrected chi connectivity index (χ2v) is 5.19. The number of carbonyl (C=O) groups is 1. The fourth-order valence-corrected chi connectivity index (χ4v) is 2.72. The van der Waals surface area contributed by atoms with Gasteiger partial charge in [0.2, 0.25) is 0 Å². The molecule has 2 nitrogen and oxygen atoms in total. The predicted molar refractivity (Wildman–Crippen MR) is 82.4 cm³/mol. The molecule has 0 aromatic carbocycles. The topological polar surface area (TPSA) is 26.3 Å². The second kappa shape index (κ2) is 5.91. The van der Waals surface area contributed by atoms with Gasteiger partial charge in [0.05, 0.1) is 5.56 Å². The van der Waals surface area contributed by atoms with Crippen LogP contribution in [0.5, 0.6) is 0 Å². The van der Waals surface area contributed by atoms with E-state index in [1.165, 1.54) is 0 Å². The Labute approximate surface area is 120 Å². The van der Waals surface area contributed by atoms with Gasteiger partial charge in [0.1, 0.15) is 6.61 Å². The zero-order chi connectivity index (χ0) is 14.7. The van der Waals surface area contributed by atoms with Crippen LogP contribution in [0.25, 0.3) is 11.1 Å². The van der Waals surface area contributed by atoms with Gasteiger partial charge in [-0.05, 0) is 35.1 Å². The highest BCUT2D eigenvalue weighted by atomic mass is 16.5. The monoisotopic (exact) mass is 268 g/mol. The highest BCUT2D eigenvalue weighted by molar-refractivity contribution is 6.02. The van der Waals surface area contributed by atoms with E-state index in [2.05, 4.69) is 33.4 Å². The Morgan fingerprint density at radius 3 is 2.50 bits per heavy atom. The highest BCUT2D eigenvalue weighted by Gasteiger charge is 2.26. The molecular formula is C18H20O2. The molecule has 0 bridgehead atoms. The summed E-state index contributed by atoms with van der Waals surface area (Å²) in [5.41, 5.74) is 5.03. The zero-order valence-electron chi connectivity index (χ0n) is 12.3. The molecule has 0 saturated carbocycles. The lowest BCUT2D eigenvalue weighted by Gasteiger charge is -2.09. The normalized spacial score (nSPS) is 10.8. The molecule has 0 atom stereocenters. The van der Waals surface area contributed by atoms with Gasteiger partial charge in [-0.15, -0.1) is 0 Å².